The second-order valence-corrected chi connectivity index (χ2v) is 4.45. The standard InChI is InChI=1S/C11H17N3O/c1-9-3-6-14(10(2)7-9)11-4-5-13(15)8-12-11/h4-5,8-10H,3,6-7H2,1-2H3. The molecular formula is C11H17N3O. The fourth-order valence-electron chi connectivity index (χ4n) is 2.26. The Morgan fingerprint density at radius 1 is 1.53 bits per heavy atom. The number of rotatable bonds is 1. The van der Waals surface area contributed by atoms with Gasteiger partial charge >= 0.3 is 0 Å². The van der Waals surface area contributed by atoms with Crippen LogP contribution in [0.25, 0.3) is 0 Å². The quantitative estimate of drug-likeness (QED) is 0.515. The molecule has 0 aliphatic carbocycles. The van der Waals surface area contributed by atoms with Crippen molar-refractivity contribution in [1.29, 1.82) is 0 Å². The minimum absolute atomic E-state index is 0.517. The molecule has 0 saturated carbocycles. The molecule has 15 heavy (non-hydrogen) atoms. The molecule has 1 fully saturated rings. The number of hydrogen-bond acceptors (Lipinski definition) is 3. The van der Waals surface area contributed by atoms with E-state index in [0.717, 1.165) is 23.0 Å². The third-order valence-electron chi connectivity index (χ3n) is 3.11. The molecule has 2 unspecified atom stereocenters. The molecule has 0 bridgehead atoms. The van der Waals surface area contributed by atoms with E-state index in [1.54, 1.807) is 6.07 Å². The fourth-order valence-corrected chi connectivity index (χ4v) is 2.26. The van der Waals surface area contributed by atoms with E-state index >= 15 is 0 Å². The lowest BCUT2D eigenvalue weighted by molar-refractivity contribution is -0.608. The highest BCUT2D eigenvalue weighted by molar-refractivity contribution is 5.37. The third-order valence-corrected chi connectivity index (χ3v) is 3.11. The molecule has 0 aromatic carbocycles. The summed E-state index contributed by atoms with van der Waals surface area (Å²) in [5.74, 6) is 1.71. The zero-order chi connectivity index (χ0) is 10.8. The second-order valence-electron chi connectivity index (χ2n) is 4.45. The van der Waals surface area contributed by atoms with Crippen molar-refractivity contribution in [3.8, 4) is 0 Å². The van der Waals surface area contributed by atoms with Crippen LogP contribution in [0.5, 0.6) is 0 Å². The van der Waals surface area contributed by atoms with Crippen LogP contribution in [0.1, 0.15) is 26.7 Å². The maximum absolute atomic E-state index is 10.9. The zero-order valence-corrected chi connectivity index (χ0v) is 9.26. The van der Waals surface area contributed by atoms with Crippen LogP contribution in [-0.4, -0.2) is 17.6 Å². The molecule has 0 N–H and O–H groups in total. The van der Waals surface area contributed by atoms with Crippen LogP contribution in [0.2, 0.25) is 0 Å². The Balaban J connectivity index is 2.13. The molecule has 4 heteroatoms. The van der Waals surface area contributed by atoms with E-state index in [0.29, 0.717) is 6.04 Å². The van der Waals surface area contributed by atoms with Gasteiger partial charge in [-0.1, -0.05) is 6.92 Å². The van der Waals surface area contributed by atoms with Crippen molar-refractivity contribution >= 4 is 5.82 Å². The summed E-state index contributed by atoms with van der Waals surface area (Å²) in [5.41, 5.74) is 0. The highest BCUT2D eigenvalue weighted by Crippen LogP contribution is 2.25. The molecule has 1 saturated heterocycles. The van der Waals surface area contributed by atoms with Gasteiger partial charge in [0.2, 0.25) is 5.82 Å². The van der Waals surface area contributed by atoms with E-state index in [1.165, 1.54) is 25.4 Å². The van der Waals surface area contributed by atoms with E-state index in [2.05, 4.69) is 23.7 Å². The van der Waals surface area contributed by atoms with Crippen molar-refractivity contribution in [2.24, 2.45) is 5.92 Å². The van der Waals surface area contributed by atoms with Gasteiger partial charge < -0.3 is 10.1 Å². The summed E-state index contributed by atoms with van der Waals surface area (Å²) in [7, 11) is 0. The summed E-state index contributed by atoms with van der Waals surface area (Å²) in [6.45, 7) is 5.55. The van der Waals surface area contributed by atoms with Gasteiger partial charge in [0.1, 0.15) is 0 Å². The fraction of sp³-hybridized carbons (Fsp3) is 0.636. The molecule has 1 aromatic rings. The molecule has 0 amide bonds. The first-order chi connectivity index (χ1) is 7.16. The van der Waals surface area contributed by atoms with Gasteiger partial charge in [-0.15, -0.1) is 0 Å². The van der Waals surface area contributed by atoms with Gasteiger partial charge in [-0.25, -0.2) is 4.73 Å². The van der Waals surface area contributed by atoms with Crippen LogP contribution in [0, 0.1) is 11.1 Å². The summed E-state index contributed by atoms with van der Waals surface area (Å²) in [4.78, 5) is 6.43. The van der Waals surface area contributed by atoms with Gasteiger partial charge in [-0.05, 0) is 30.7 Å². The largest absolute Gasteiger partial charge is 0.711 e. The number of piperidine rings is 1. The van der Waals surface area contributed by atoms with Gasteiger partial charge in [0.15, 0.2) is 0 Å². The van der Waals surface area contributed by atoms with Crippen LogP contribution in [0.4, 0.5) is 5.82 Å². The van der Waals surface area contributed by atoms with E-state index in [4.69, 9.17) is 0 Å². The Morgan fingerprint density at radius 2 is 2.33 bits per heavy atom. The maximum atomic E-state index is 10.9. The van der Waals surface area contributed by atoms with Crippen molar-refractivity contribution < 1.29 is 4.73 Å². The van der Waals surface area contributed by atoms with Gasteiger partial charge in [0, 0.05) is 18.7 Å². The average Bonchev–Trinajstić information content (AvgIpc) is 2.20. The SMILES string of the molecule is CC1CCN(c2cc[n+]([O-])cn2)C(C)C1. The van der Waals surface area contributed by atoms with E-state index < -0.39 is 0 Å². The van der Waals surface area contributed by atoms with Crippen LogP contribution >= 0.6 is 0 Å². The first kappa shape index (κ1) is 10.2. The first-order valence-corrected chi connectivity index (χ1v) is 5.48. The molecule has 1 aliphatic rings. The Morgan fingerprint density at radius 3 is 2.93 bits per heavy atom. The Kier molecular flexibility index (Phi) is 2.75. The average molecular weight is 207 g/mol. The number of hydrogen-bond donors (Lipinski definition) is 0. The minimum atomic E-state index is 0.517. The molecule has 0 radical (unpaired) electrons. The first-order valence-electron chi connectivity index (χ1n) is 5.48. The lowest BCUT2D eigenvalue weighted by Crippen LogP contribution is -2.41. The predicted molar refractivity (Wildman–Crippen MR) is 58.4 cm³/mol. The summed E-state index contributed by atoms with van der Waals surface area (Å²) >= 11 is 0. The summed E-state index contributed by atoms with van der Waals surface area (Å²) < 4.78 is 0.723. The predicted octanol–water partition coefficient (Wildman–Crippen LogP) is 1.34. The zero-order valence-electron chi connectivity index (χ0n) is 9.26. The molecule has 82 valence electrons. The summed E-state index contributed by atoms with van der Waals surface area (Å²) in [6.07, 6.45) is 5.24. The maximum Gasteiger partial charge on any atom is 0.291 e. The number of aromatic nitrogens is 2. The molecular weight excluding hydrogens is 190 g/mol. The molecule has 0 spiro atoms. The summed E-state index contributed by atoms with van der Waals surface area (Å²) in [6, 6.07) is 2.31. The van der Waals surface area contributed by atoms with Crippen LogP contribution < -0.4 is 9.63 Å². The molecule has 1 aliphatic heterocycles. The lowest BCUT2D eigenvalue weighted by Gasteiger charge is -2.35. The second kappa shape index (κ2) is 4.04. The van der Waals surface area contributed by atoms with Crippen LogP contribution in [0.15, 0.2) is 18.6 Å². The highest BCUT2D eigenvalue weighted by atomic mass is 16.5. The molecule has 2 rings (SSSR count). The molecule has 4 nitrogen and oxygen atoms in total. The number of nitrogens with zero attached hydrogens (tertiary/aromatic N) is 3. The van der Waals surface area contributed by atoms with Gasteiger partial charge in [-0.3, -0.25) is 0 Å². The summed E-state index contributed by atoms with van der Waals surface area (Å²) in [5, 5.41) is 10.9. The smallest absolute Gasteiger partial charge is 0.291 e. The lowest BCUT2D eigenvalue weighted by atomic mass is 9.93. The normalized spacial score (nSPS) is 26.7. The van der Waals surface area contributed by atoms with Gasteiger partial charge in [0.05, 0.1) is 6.20 Å². The van der Waals surface area contributed by atoms with Crippen LogP contribution in [-0.2, 0) is 0 Å². The van der Waals surface area contributed by atoms with Gasteiger partial charge in [-0.2, -0.15) is 0 Å². The van der Waals surface area contributed by atoms with Crippen molar-refractivity contribution in [3.63, 3.8) is 0 Å². The Labute approximate surface area is 90.1 Å². The van der Waals surface area contributed by atoms with Crippen molar-refractivity contribution in [2.75, 3.05) is 11.4 Å². The van der Waals surface area contributed by atoms with E-state index in [9.17, 15) is 5.21 Å². The Bertz CT molecular complexity index is 325. The number of anilines is 1. The Hall–Kier alpha value is -1.32. The van der Waals surface area contributed by atoms with Crippen LogP contribution in [0.3, 0.4) is 0 Å². The highest BCUT2D eigenvalue weighted by Gasteiger charge is 2.25. The minimum Gasteiger partial charge on any atom is -0.711 e. The van der Waals surface area contributed by atoms with Gasteiger partial charge in [0.25, 0.3) is 6.33 Å². The molecule has 2 heterocycles. The van der Waals surface area contributed by atoms with E-state index in [1.807, 2.05) is 0 Å². The van der Waals surface area contributed by atoms with E-state index in [-0.39, 0.29) is 0 Å². The van der Waals surface area contributed by atoms with Crippen molar-refractivity contribution in [2.45, 2.75) is 32.7 Å². The monoisotopic (exact) mass is 207 g/mol. The third kappa shape index (κ3) is 2.19. The topological polar surface area (TPSA) is 43.1 Å². The van der Waals surface area contributed by atoms with Crippen molar-refractivity contribution in [1.82, 2.24) is 4.98 Å². The van der Waals surface area contributed by atoms with Crippen molar-refractivity contribution in [3.05, 3.63) is 23.8 Å². The molecule has 1 aromatic heterocycles. The molecule has 2 atom stereocenters.